The lowest BCUT2D eigenvalue weighted by molar-refractivity contribution is -0.0266. The number of benzene rings is 1. The van der Waals surface area contributed by atoms with Crippen LogP contribution in [-0.2, 0) is 12.1 Å². The minimum absolute atomic E-state index is 0.265. The predicted molar refractivity (Wildman–Crippen MR) is 82.9 cm³/mol. The van der Waals surface area contributed by atoms with Gasteiger partial charge in [0.25, 0.3) is 0 Å². The second-order valence-electron chi connectivity index (χ2n) is 6.10. The number of aliphatic hydroxyl groups is 1. The van der Waals surface area contributed by atoms with Gasteiger partial charge in [0.05, 0.1) is 17.8 Å². The van der Waals surface area contributed by atoms with Crippen LogP contribution in [0.3, 0.4) is 0 Å². The fourth-order valence-electron chi connectivity index (χ4n) is 3.03. The number of hydrogen-bond acceptors (Lipinski definition) is 3. The molecule has 0 atom stereocenters. The van der Waals surface area contributed by atoms with Crippen LogP contribution in [0.5, 0.6) is 0 Å². The van der Waals surface area contributed by atoms with Crippen molar-refractivity contribution < 1.29 is 9.50 Å². The molecule has 118 valence electrons. The van der Waals surface area contributed by atoms with Crippen LogP contribution < -0.4 is 0 Å². The molecule has 1 aromatic heterocycles. The fraction of sp³-hybridized carbons (Fsp3) is 0.471. The Bertz CT molecular complexity index is 615. The van der Waals surface area contributed by atoms with Gasteiger partial charge in [0.15, 0.2) is 0 Å². The molecule has 0 radical (unpaired) electrons. The van der Waals surface area contributed by atoms with E-state index in [1.165, 1.54) is 12.1 Å². The lowest BCUT2D eigenvalue weighted by Gasteiger charge is -2.38. The van der Waals surface area contributed by atoms with Crippen LogP contribution in [-0.4, -0.2) is 39.4 Å². The second kappa shape index (κ2) is 6.18. The van der Waals surface area contributed by atoms with Gasteiger partial charge in [0.1, 0.15) is 5.82 Å². The van der Waals surface area contributed by atoms with Crippen molar-refractivity contribution in [2.45, 2.75) is 31.9 Å². The molecule has 2 heterocycles. The van der Waals surface area contributed by atoms with Gasteiger partial charge in [-0.2, -0.15) is 5.10 Å². The summed E-state index contributed by atoms with van der Waals surface area (Å²) in [6, 6.07) is 8.22. The molecule has 1 aliphatic rings. The van der Waals surface area contributed by atoms with Crippen LogP contribution in [0.15, 0.2) is 36.5 Å². The maximum absolute atomic E-state index is 13.0. The molecule has 1 N–H and O–H groups in total. The highest BCUT2D eigenvalue weighted by molar-refractivity contribution is 5.23. The Morgan fingerprint density at radius 2 is 1.82 bits per heavy atom. The highest BCUT2D eigenvalue weighted by atomic mass is 19.1. The van der Waals surface area contributed by atoms with E-state index in [1.807, 2.05) is 23.9 Å². The molecular weight excluding hydrogens is 281 g/mol. The molecule has 0 amide bonds. The third-order valence-corrected chi connectivity index (χ3v) is 4.48. The minimum atomic E-state index is -0.827. The summed E-state index contributed by atoms with van der Waals surface area (Å²) in [4.78, 5) is 2.34. The first-order valence-corrected chi connectivity index (χ1v) is 7.76. The number of aryl methyl sites for hydroxylation is 1. The molecule has 0 saturated carbocycles. The number of piperidine rings is 1. The first-order valence-electron chi connectivity index (χ1n) is 7.76. The summed E-state index contributed by atoms with van der Waals surface area (Å²) in [6.07, 6.45) is 3.35. The van der Waals surface area contributed by atoms with E-state index in [1.54, 1.807) is 12.1 Å². The first-order chi connectivity index (χ1) is 10.5. The van der Waals surface area contributed by atoms with Gasteiger partial charge >= 0.3 is 0 Å². The number of likely N-dealkylation sites (tertiary alicyclic amines) is 1. The Hall–Kier alpha value is -1.72. The minimum Gasteiger partial charge on any atom is -0.385 e. The van der Waals surface area contributed by atoms with E-state index in [-0.39, 0.29) is 5.82 Å². The third kappa shape index (κ3) is 3.36. The highest BCUT2D eigenvalue weighted by Gasteiger charge is 2.33. The van der Waals surface area contributed by atoms with Crippen molar-refractivity contribution in [3.05, 3.63) is 53.6 Å². The topological polar surface area (TPSA) is 41.3 Å². The largest absolute Gasteiger partial charge is 0.385 e. The summed E-state index contributed by atoms with van der Waals surface area (Å²) in [7, 11) is 0. The van der Waals surface area contributed by atoms with E-state index < -0.39 is 5.60 Å². The van der Waals surface area contributed by atoms with E-state index in [9.17, 15) is 9.50 Å². The van der Waals surface area contributed by atoms with Crippen LogP contribution in [0.25, 0.3) is 0 Å². The predicted octanol–water partition coefficient (Wildman–Crippen LogP) is 2.31. The quantitative estimate of drug-likeness (QED) is 0.942. The Morgan fingerprint density at radius 1 is 1.14 bits per heavy atom. The smallest absolute Gasteiger partial charge is 0.123 e. The van der Waals surface area contributed by atoms with Gasteiger partial charge in [-0.25, -0.2) is 4.39 Å². The normalized spacial score (nSPS) is 18.5. The fourth-order valence-corrected chi connectivity index (χ4v) is 3.03. The van der Waals surface area contributed by atoms with Crippen molar-refractivity contribution in [3.8, 4) is 0 Å². The van der Waals surface area contributed by atoms with Gasteiger partial charge in [0, 0.05) is 25.8 Å². The second-order valence-corrected chi connectivity index (χ2v) is 6.10. The van der Waals surface area contributed by atoms with Crippen LogP contribution in [0.4, 0.5) is 4.39 Å². The molecule has 0 bridgehead atoms. The molecule has 0 unspecified atom stereocenters. The molecule has 1 aromatic carbocycles. The average molecular weight is 303 g/mol. The Kier molecular flexibility index (Phi) is 4.27. The number of nitrogens with zero attached hydrogens (tertiary/aromatic N) is 3. The highest BCUT2D eigenvalue weighted by Crippen LogP contribution is 2.32. The van der Waals surface area contributed by atoms with Crippen molar-refractivity contribution in [1.82, 2.24) is 14.7 Å². The molecule has 4 nitrogen and oxygen atoms in total. The van der Waals surface area contributed by atoms with Crippen LogP contribution >= 0.6 is 0 Å². The summed E-state index contributed by atoms with van der Waals surface area (Å²) in [5, 5.41) is 15.2. The third-order valence-electron chi connectivity index (χ3n) is 4.48. The van der Waals surface area contributed by atoms with Crippen LogP contribution in [0.1, 0.15) is 24.1 Å². The van der Waals surface area contributed by atoms with Crippen LogP contribution in [0.2, 0.25) is 0 Å². The van der Waals surface area contributed by atoms with Crippen molar-refractivity contribution in [2.75, 3.05) is 19.6 Å². The van der Waals surface area contributed by atoms with Crippen molar-refractivity contribution >= 4 is 0 Å². The lowest BCUT2D eigenvalue weighted by atomic mass is 9.84. The zero-order valence-electron chi connectivity index (χ0n) is 12.9. The van der Waals surface area contributed by atoms with Gasteiger partial charge in [-0.05, 0) is 43.5 Å². The maximum Gasteiger partial charge on any atom is 0.123 e. The molecule has 2 aromatic rings. The van der Waals surface area contributed by atoms with Crippen molar-refractivity contribution in [3.63, 3.8) is 0 Å². The molecule has 1 saturated heterocycles. The van der Waals surface area contributed by atoms with E-state index in [0.717, 1.165) is 37.4 Å². The van der Waals surface area contributed by atoms with E-state index in [4.69, 9.17) is 0 Å². The molecule has 1 fully saturated rings. The van der Waals surface area contributed by atoms with Gasteiger partial charge < -0.3 is 10.0 Å². The number of halogens is 1. The molecule has 5 heteroatoms. The molecule has 3 rings (SSSR count). The Labute approximate surface area is 130 Å². The number of aromatic nitrogens is 2. The Balaban J connectivity index is 1.54. The zero-order valence-corrected chi connectivity index (χ0v) is 12.9. The summed E-state index contributed by atoms with van der Waals surface area (Å²) < 4.78 is 15.0. The van der Waals surface area contributed by atoms with E-state index >= 15 is 0 Å². The number of hydrogen-bond donors (Lipinski definition) is 1. The van der Waals surface area contributed by atoms with Crippen LogP contribution in [0, 0.1) is 12.7 Å². The first kappa shape index (κ1) is 15.2. The maximum atomic E-state index is 13.0. The molecular formula is C17H22FN3O. The number of rotatable bonds is 4. The lowest BCUT2D eigenvalue weighted by Crippen LogP contribution is -2.43. The molecule has 1 aliphatic heterocycles. The van der Waals surface area contributed by atoms with Gasteiger partial charge in [-0.15, -0.1) is 0 Å². The van der Waals surface area contributed by atoms with E-state index in [0.29, 0.717) is 12.8 Å². The van der Waals surface area contributed by atoms with Gasteiger partial charge in [-0.3, -0.25) is 4.68 Å². The summed E-state index contributed by atoms with van der Waals surface area (Å²) >= 11 is 0. The van der Waals surface area contributed by atoms with Crippen molar-refractivity contribution in [1.29, 1.82) is 0 Å². The van der Waals surface area contributed by atoms with Gasteiger partial charge in [-0.1, -0.05) is 12.1 Å². The molecule has 0 aliphatic carbocycles. The SMILES string of the molecule is Cc1ccn(CCN2CCC(O)(c3ccc(F)cc3)CC2)n1. The standard InChI is InChI=1S/C17H22FN3O/c1-14-6-9-21(19-14)13-12-20-10-7-17(22,8-11-20)15-2-4-16(18)5-3-15/h2-6,9,22H,7-8,10-13H2,1H3. The zero-order chi connectivity index (χ0) is 15.6. The summed E-state index contributed by atoms with van der Waals surface area (Å²) in [5.41, 5.74) is 1.02. The average Bonchev–Trinajstić information content (AvgIpc) is 2.93. The van der Waals surface area contributed by atoms with E-state index in [2.05, 4.69) is 10.00 Å². The summed E-state index contributed by atoms with van der Waals surface area (Å²) in [6.45, 7) is 5.46. The Morgan fingerprint density at radius 3 is 2.41 bits per heavy atom. The van der Waals surface area contributed by atoms with Gasteiger partial charge in [0.2, 0.25) is 0 Å². The van der Waals surface area contributed by atoms with Crippen molar-refractivity contribution in [2.24, 2.45) is 0 Å². The molecule has 22 heavy (non-hydrogen) atoms. The summed E-state index contributed by atoms with van der Waals surface area (Å²) in [5.74, 6) is -0.265. The molecule has 0 spiro atoms. The monoisotopic (exact) mass is 303 g/mol.